The third kappa shape index (κ3) is 74.9. The van der Waals surface area contributed by atoms with Crippen LogP contribution in [-0.4, -0.2) is 73.9 Å². The smallest absolute Gasteiger partial charge is 1.00 e. The van der Waals surface area contributed by atoms with Gasteiger partial charge in [-0.2, -0.15) is 0 Å². The van der Waals surface area contributed by atoms with E-state index in [-0.39, 0.29) is 75.0 Å². The topological polar surface area (TPSA) is 57.5 Å². The van der Waals surface area contributed by atoms with Crippen molar-refractivity contribution in [3.05, 3.63) is 0 Å². The Morgan fingerprint density at radius 1 is 1.43 bits per heavy atom. The van der Waals surface area contributed by atoms with E-state index in [2.05, 4.69) is 0 Å². The van der Waals surface area contributed by atoms with Gasteiger partial charge in [-0.15, -0.1) is 0 Å². The average molecular weight is 205 g/mol. The van der Waals surface area contributed by atoms with Crippen molar-refractivity contribution in [2.24, 2.45) is 0 Å². The summed E-state index contributed by atoms with van der Waals surface area (Å²) in [5.74, 6) is 0. The molecule has 41 valence electrons. The van der Waals surface area contributed by atoms with Crippen molar-refractivity contribution >= 4 is 64.3 Å². The van der Waals surface area contributed by atoms with Crippen molar-refractivity contribution in [3.63, 3.8) is 0 Å². The molecule has 0 aliphatic heterocycles. The molecule has 7 heavy (non-hydrogen) atoms. The molecule has 0 spiro atoms. The first kappa shape index (κ1) is 23.1. The van der Waals surface area contributed by atoms with E-state index in [1.165, 1.54) is 0 Å². The van der Waals surface area contributed by atoms with Gasteiger partial charge in [-0.25, -0.2) is 0 Å². The number of rotatable bonds is 0. The van der Waals surface area contributed by atoms with Gasteiger partial charge in [-0.05, 0) is 0 Å². The molecule has 0 aliphatic carbocycles. The zero-order chi connectivity index (χ0) is 3.58. The molecule has 7 heteroatoms. The Morgan fingerprint density at radius 3 is 1.43 bits per heavy atom. The van der Waals surface area contributed by atoms with Gasteiger partial charge in [0.05, 0.1) is 0 Å². The predicted octanol–water partition coefficient (Wildman–Crippen LogP) is -2.96. The molecule has 0 heterocycles. The minimum absolute atomic E-state index is 0. The minimum Gasteiger partial charge on any atom is -1.00 e. The van der Waals surface area contributed by atoms with Crippen molar-refractivity contribution in [2.45, 2.75) is 0 Å². The van der Waals surface area contributed by atoms with Crippen molar-refractivity contribution in [2.75, 3.05) is 0 Å². The van der Waals surface area contributed by atoms with Crippen LogP contribution in [-0.2, 0) is 21.5 Å². The van der Waals surface area contributed by atoms with Gasteiger partial charge in [0.25, 0.3) is 0 Å². The fourth-order valence-corrected chi connectivity index (χ4v) is 0. The fraction of sp³-hybridized carbons (Fsp3) is 0. The van der Waals surface area contributed by atoms with Gasteiger partial charge in [0.15, 0.2) is 17.4 Å². The molecule has 0 fully saturated rings. The van der Waals surface area contributed by atoms with Gasteiger partial charge in [0, 0.05) is 17.1 Å². The second-order valence-electron chi connectivity index (χ2n) is 0.283. The minimum atomic E-state index is -3.13. The second-order valence-corrected chi connectivity index (χ2v) is 0.848. The summed E-state index contributed by atoms with van der Waals surface area (Å²) < 4.78 is 8.74. The van der Waals surface area contributed by atoms with Crippen LogP contribution in [0.15, 0.2) is 0 Å². The molecule has 0 aromatic rings. The molecule has 0 rings (SSSR count). The van der Waals surface area contributed by atoms with Crippen LogP contribution in [0.3, 0.4) is 0 Å². The van der Waals surface area contributed by atoms with E-state index in [0.717, 1.165) is 0 Å². The Balaban J connectivity index is -0.00000000450. The van der Waals surface area contributed by atoms with Crippen molar-refractivity contribution in [1.29, 1.82) is 0 Å². The van der Waals surface area contributed by atoms with E-state index in [1.807, 2.05) is 0 Å². The van der Waals surface area contributed by atoms with Gasteiger partial charge in [0.1, 0.15) is 0 Å². The molecule has 0 bridgehead atoms. The normalized spacial score (nSPS) is 3.43. The van der Waals surface area contributed by atoms with E-state index in [0.29, 0.717) is 0 Å². The summed E-state index contributed by atoms with van der Waals surface area (Å²) in [6.07, 6.45) is 0. The molecule has 3 nitrogen and oxygen atoms in total. The number of hydrogen-bond donors (Lipinski definition) is 2. The van der Waals surface area contributed by atoms with E-state index >= 15 is 0 Å². The van der Waals surface area contributed by atoms with E-state index < -0.39 is 9.17 Å². The Bertz CT molecular complexity index is 44.8. The predicted molar refractivity (Wildman–Crippen MR) is 28.8 cm³/mol. The molecule has 0 amide bonds. The maximum Gasteiger partial charge on any atom is 2.00 e. The molecule has 1 radical (unpaired) electrons. The van der Waals surface area contributed by atoms with Crippen molar-refractivity contribution in [3.8, 4) is 0 Å². The van der Waals surface area contributed by atoms with Crippen LogP contribution in [0.5, 0.6) is 0 Å². The zero-order valence-corrected chi connectivity index (χ0v) is 7.28. The molecule has 2 N–H and O–H groups in total. The van der Waals surface area contributed by atoms with Gasteiger partial charge in [-0.1, -0.05) is 0 Å². The molecule has 0 aromatic carbocycles. The van der Waals surface area contributed by atoms with Gasteiger partial charge >= 0.3 is 46.9 Å². The zero-order valence-electron chi connectivity index (χ0n) is 4.89. The molecule has 0 unspecified atom stereocenters. The van der Waals surface area contributed by atoms with Crippen LogP contribution < -0.4 is 0 Å². The van der Waals surface area contributed by atoms with E-state index in [9.17, 15) is 0 Å². The third-order valence-electron chi connectivity index (χ3n) is 0. The average Bonchev–Trinajstić information content (AvgIpc) is 0.811. The molecular formula is H7AlCaMnO3Si. The number of hydrogen-bond acceptors (Lipinski definition) is 1. The standard InChI is InChI=1S/Al.Ca.Mn.H2O3Si.5H/c;;;1-4(2)3;;;;;/h;;;1-2H;;;;;/q;+2;;;;;;2*-1. The Morgan fingerprint density at radius 2 is 1.43 bits per heavy atom. The van der Waals surface area contributed by atoms with Gasteiger partial charge in [-0.3, -0.25) is 4.46 Å². The van der Waals surface area contributed by atoms with Crippen LogP contribution in [0.1, 0.15) is 2.85 Å². The van der Waals surface area contributed by atoms with E-state index in [1.54, 1.807) is 0 Å². The maximum absolute atomic E-state index is 8.74. The van der Waals surface area contributed by atoms with E-state index in [4.69, 9.17) is 14.1 Å². The van der Waals surface area contributed by atoms with Crippen LogP contribution in [0.4, 0.5) is 0 Å². The quantitative estimate of drug-likeness (QED) is 0.415. The SMILES string of the molecule is O=[Si](O)O.[AlH3].[Ca+2].[H-].[H-].[Mn]. The van der Waals surface area contributed by atoms with Crippen molar-refractivity contribution < 1.29 is 34.0 Å². The molecule has 0 saturated carbocycles. The largest absolute Gasteiger partial charge is 2.00 e. The Hall–Kier alpha value is 1.93. The Kier molecular flexibility index (Phi) is 51.7. The van der Waals surface area contributed by atoms with Crippen LogP contribution in [0.2, 0.25) is 0 Å². The Labute approximate surface area is 97.0 Å². The summed E-state index contributed by atoms with van der Waals surface area (Å²) in [6, 6.07) is 0. The summed E-state index contributed by atoms with van der Waals surface area (Å²) in [6.45, 7) is 0. The molecule has 0 aromatic heterocycles. The second kappa shape index (κ2) is 15.7. The van der Waals surface area contributed by atoms with Crippen molar-refractivity contribution in [1.82, 2.24) is 0 Å². The fourth-order valence-electron chi connectivity index (χ4n) is 0. The summed E-state index contributed by atoms with van der Waals surface area (Å²) in [4.78, 5) is 14.3. The molecular weight excluding hydrogens is 198 g/mol. The summed E-state index contributed by atoms with van der Waals surface area (Å²) in [5.41, 5.74) is 0. The summed E-state index contributed by atoms with van der Waals surface area (Å²) in [5, 5.41) is 0. The van der Waals surface area contributed by atoms with Crippen LogP contribution >= 0.6 is 0 Å². The first-order valence-corrected chi connectivity index (χ1v) is 1.95. The first-order chi connectivity index (χ1) is 1.73. The van der Waals surface area contributed by atoms with Crippen LogP contribution in [0, 0.1) is 0 Å². The molecule has 0 saturated heterocycles. The molecule has 0 atom stereocenters. The monoisotopic (exact) mass is 205 g/mol. The summed E-state index contributed by atoms with van der Waals surface area (Å²) in [7, 11) is -3.13. The van der Waals surface area contributed by atoms with Gasteiger partial charge in [0.2, 0.25) is 0 Å². The third-order valence-corrected chi connectivity index (χ3v) is 0. The molecule has 0 aliphatic rings. The summed E-state index contributed by atoms with van der Waals surface area (Å²) >= 11 is 0. The van der Waals surface area contributed by atoms with Crippen LogP contribution in [0.25, 0.3) is 0 Å². The maximum atomic E-state index is 8.74. The first-order valence-electron chi connectivity index (χ1n) is 0.651. The van der Waals surface area contributed by atoms with Gasteiger partial charge < -0.3 is 12.4 Å².